The highest BCUT2D eigenvalue weighted by atomic mass is 32.2. The Balaban J connectivity index is 1.85. The van der Waals surface area contributed by atoms with E-state index < -0.39 is 15.9 Å². The number of hydrogen-bond acceptors (Lipinski definition) is 5. The van der Waals surface area contributed by atoms with Crippen LogP contribution < -0.4 is 19.5 Å². The third kappa shape index (κ3) is 5.84. The van der Waals surface area contributed by atoms with E-state index >= 15 is 0 Å². The number of amides is 1. The van der Waals surface area contributed by atoms with Gasteiger partial charge in [0, 0.05) is 11.3 Å². The molecular formula is C25H28N2O5S. The van der Waals surface area contributed by atoms with E-state index in [4.69, 9.17) is 9.47 Å². The number of sulfonamides is 1. The normalized spacial score (nSPS) is 11.2. The van der Waals surface area contributed by atoms with Crippen LogP contribution in [-0.2, 0) is 10.0 Å². The van der Waals surface area contributed by atoms with Gasteiger partial charge < -0.3 is 14.8 Å². The average molecular weight is 469 g/mol. The molecule has 0 saturated heterocycles. The first-order chi connectivity index (χ1) is 15.6. The van der Waals surface area contributed by atoms with Gasteiger partial charge in [0.1, 0.15) is 11.5 Å². The highest BCUT2D eigenvalue weighted by Gasteiger charge is 2.21. The first-order valence-corrected chi connectivity index (χ1v) is 11.9. The average Bonchev–Trinajstić information content (AvgIpc) is 2.75. The van der Waals surface area contributed by atoms with Gasteiger partial charge in [-0.25, -0.2) is 8.42 Å². The number of anilines is 2. The maximum Gasteiger partial charge on any atom is 0.262 e. The van der Waals surface area contributed by atoms with Gasteiger partial charge in [-0.05, 0) is 81.3 Å². The molecule has 3 aromatic carbocycles. The summed E-state index contributed by atoms with van der Waals surface area (Å²) in [6.45, 7) is 7.43. The Hall–Kier alpha value is -3.52. The van der Waals surface area contributed by atoms with Crippen LogP contribution in [0.5, 0.6) is 11.5 Å². The van der Waals surface area contributed by atoms with Crippen molar-refractivity contribution in [2.75, 3.05) is 17.1 Å². The van der Waals surface area contributed by atoms with Crippen LogP contribution in [0.2, 0.25) is 0 Å². The summed E-state index contributed by atoms with van der Waals surface area (Å²) in [6, 6.07) is 16.7. The number of methoxy groups -OCH3 is 1. The molecule has 8 heteroatoms. The molecule has 1 amide bonds. The maximum absolute atomic E-state index is 13.1. The Kier molecular flexibility index (Phi) is 7.28. The molecule has 0 unspecified atom stereocenters. The number of carbonyl (C=O) groups excluding carboxylic acids is 1. The van der Waals surface area contributed by atoms with E-state index in [1.165, 1.54) is 13.2 Å². The topological polar surface area (TPSA) is 93.7 Å². The third-order valence-electron chi connectivity index (χ3n) is 4.91. The molecule has 0 heterocycles. The van der Waals surface area contributed by atoms with E-state index in [2.05, 4.69) is 10.0 Å². The summed E-state index contributed by atoms with van der Waals surface area (Å²) >= 11 is 0. The summed E-state index contributed by atoms with van der Waals surface area (Å²) in [5.41, 5.74) is 2.50. The molecule has 0 fully saturated rings. The zero-order chi connectivity index (χ0) is 24.2. The quantitative estimate of drug-likeness (QED) is 0.477. The second-order valence-electron chi connectivity index (χ2n) is 7.88. The van der Waals surface area contributed by atoms with Crippen molar-refractivity contribution in [2.45, 2.75) is 38.7 Å². The van der Waals surface area contributed by atoms with Crippen LogP contribution in [0.15, 0.2) is 65.6 Å². The van der Waals surface area contributed by atoms with Crippen LogP contribution in [0.4, 0.5) is 11.4 Å². The number of rotatable bonds is 8. The van der Waals surface area contributed by atoms with Gasteiger partial charge in [-0.15, -0.1) is 0 Å². The van der Waals surface area contributed by atoms with Crippen molar-refractivity contribution >= 4 is 27.3 Å². The van der Waals surface area contributed by atoms with Crippen molar-refractivity contribution in [2.24, 2.45) is 0 Å². The Morgan fingerprint density at radius 2 is 1.64 bits per heavy atom. The predicted molar refractivity (Wildman–Crippen MR) is 130 cm³/mol. The number of para-hydroxylation sites is 2. The lowest BCUT2D eigenvalue weighted by molar-refractivity contribution is 0.102. The molecule has 7 nitrogen and oxygen atoms in total. The van der Waals surface area contributed by atoms with Gasteiger partial charge in [0.15, 0.2) is 0 Å². The first kappa shape index (κ1) is 24.1. The summed E-state index contributed by atoms with van der Waals surface area (Å²) < 4.78 is 39.6. The minimum atomic E-state index is -3.96. The van der Waals surface area contributed by atoms with E-state index in [0.29, 0.717) is 28.4 Å². The van der Waals surface area contributed by atoms with Crippen LogP contribution in [-0.4, -0.2) is 27.5 Å². The minimum absolute atomic E-state index is 0.0125. The van der Waals surface area contributed by atoms with Crippen LogP contribution in [0.3, 0.4) is 0 Å². The zero-order valence-corrected chi connectivity index (χ0v) is 20.1. The van der Waals surface area contributed by atoms with E-state index in [-0.39, 0.29) is 16.6 Å². The molecule has 0 saturated carbocycles. The Morgan fingerprint density at radius 3 is 2.30 bits per heavy atom. The smallest absolute Gasteiger partial charge is 0.262 e. The van der Waals surface area contributed by atoms with Gasteiger partial charge in [0.05, 0.1) is 23.8 Å². The molecule has 3 aromatic rings. The van der Waals surface area contributed by atoms with Gasteiger partial charge in [0.25, 0.3) is 15.9 Å². The van der Waals surface area contributed by atoms with E-state index in [9.17, 15) is 13.2 Å². The second kappa shape index (κ2) is 9.95. The van der Waals surface area contributed by atoms with Crippen molar-refractivity contribution in [3.63, 3.8) is 0 Å². The molecule has 0 atom stereocenters. The number of ether oxygens (including phenoxy) is 2. The summed E-state index contributed by atoms with van der Waals surface area (Å²) in [5.74, 6) is 0.698. The molecule has 2 N–H and O–H groups in total. The van der Waals surface area contributed by atoms with Crippen molar-refractivity contribution in [3.8, 4) is 11.5 Å². The Labute approximate surface area is 194 Å². The van der Waals surface area contributed by atoms with Gasteiger partial charge in [0.2, 0.25) is 0 Å². The van der Waals surface area contributed by atoms with Crippen molar-refractivity contribution in [1.29, 1.82) is 0 Å². The highest BCUT2D eigenvalue weighted by Crippen LogP contribution is 2.28. The van der Waals surface area contributed by atoms with Gasteiger partial charge >= 0.3 is 0 Å². The standard InChI is InChI=1S/C25H28N2O5S/c1-16(2)32-20-12-13-21(18(4)14-20)26-25(28)19-11-10-17(3)24(15-19)33(29,30)27-22-8-6-7-9-23(22)31-5/h6-16,27H,1-5H3,(H,26,28). The highest BCUT2D eigenvalue weighted by molar-refractivity contribution is 7.92. The lowest BCUT2D eigenvalue weighted by Crippen LogP contribution is -2.17. The number of hydrogen-bond donors (Lipinski definition) is 2. The third-order valence-corrected chi connectivity index (χ3v) is 6.42. The number of aryl methyl sites for hydroxylation is 2. The van der Waals surface area contributed by atoms with Gasteiger partial charge in [-0.2, -0.15) is 0 Å². The molecule has 0 aliphatic carbocycles. The zero-order valence-electron chi connectivity index (χ0n) is 19.3. The summed E-state index contributed by atoms with van der Waals surface area (Å²) in [6.07, 6.45) is 0.0437. The number of nitrogens with one attached hydrogen (secondary N) is 2. The monoisotopic (exact) mass is 468 g/mol. The van der Waals surface area contributed by atoms with Gasteiger partial charge in [-0.3, -0.25) is 9.52 Å². The van der Waals surface area contributed by atoms with Crippen molar-refractivity contribution < 1.29 is 22.7 Å². The molecule has 0 radical (unpaired) electrons. The Bertz CT molecular complexity index is 1270. The molecule has 3 rings (SSSR count). The van der Waals surface area contributed by atoms with Crippen molar-refractivity contribution in [3.05, 3.63) is 77.4 Å². The number of benzene rings is 3. The van der Waals surface area contributed by atoms with Crippen molar-refractivity contribution in [1.82, 2.24) is 0 Å². The Morgan fingerprint density at radius 1 is 0.909 bits per heavy atom. The fourth-order valence-corrected chi connectivity index (χ4v) is 4.62. The van der Waals surface area contributed by atoms with E-state index in [1.54, 1.807) is 55.5 Å². The van der Waals surface area contributed by atoms with Gasteiger partial charge in [-0.1, -0.05) is 18.2 Å². The molecule has 0 aromatic heterocycles. The molecule has 0 aliphatic heterocycles. The summed E-state index contributed by atoms with van der Waals surface area (Å²) in [5, 5.41) is 2.84. The number of carbonyl (C=O) groups is 1. The van der Waals surface area contributed by atoms with E-state index in [1.807, 2.05) is 26.8 Å². The summed E-state index contributed by atoms with van der Waals surface area (Å²) in [4.78, 5) is 12.9. The predicted octanol–water partition coefficient (Wildman–Crippen LogP) is 5.15. The molecule has 0 aliphatic rings. The van der Waals surface area contributed by atoms with Crippen LogP contribution in [0.25, 0.3) is 0 Å². The molecule has 0 spiro atoms. The SMILES string of the molecule is COc1ccccc1NS(=O)(=O)c1cc(C(=O)Nc2ccc(OC(C)C)cc2C)ccc1C. The first-order valence-electron chi connectivity index (χ1n) is 10.5. The molecular weight excluding hydrogens is 440 g/mol. The van der Waals surface area contributed by atoms with Crippen LogP contribution in [0, 0.1) is 13.8 Å². The van der Waals surface area contributed by atoms with Crippen LogP contribution in [0.1, 0.15) is 35.3 Å². The van der Waals surface area contributed by atoms with Crippen LogP contribution >= 0.6 is 0 Å². The fourth-order valence-electron chi connectivity index (χ4n) is 3.28. The minimum Gasteiger partial charge on any atom is -0.495 e. The molecule has 0 bridgehead atoms. The summed E-state index contributed by atoms with van der Waals surface area (Å²) in [7, 11) is -2.49. The lowest BCUT2D eigenvalue weighted by atomic mass is 10.1. The molecule has 33 heavy (non-hydrogen) atoms. The fraction of sp³-hybridized carbons (Fsp3) is 0.240. The molecule has 174 valence electrons. The van der Waals surface area contributed by atoms with E-state index in [0.717, 1.165) is 5.56 Å². The largest absolute Gasteiger partial charge is 0.495 e. The second-order valence-corrected chi connectivity index (χ2v) is 9.53. The maximum atomic E-state index is 13.1. The lowest BCUT2D eigenvalue weighted by Gasteiger charge is -2.15.